The van der Waals surface area contributed by atoms with E-state index in [0.29, 0.717) is 6.10 Å². The van der Waals surface area contributed by atoms with Crippen molar-refractivity contribution in [2.45, 2.75) is 45.6 Å². The first kappa shape index (κ1) is 7.60. The van der Waals surface area contributed by atoms with Gasteiger partial charge in [0.2, 0.25) is 0 Å². The second-order valence-corrected chi connectivity index (χ2v) is 4.75. The van der Waals surface area contributed by atoms with Gasteiger partial charge in [0.15, 0.2) is 0 Å². The Morgan fingerprint density at radius 2 is 2.18 bits per heavy atom. The molecule has 0 aromatic heterocycles. The van der Waals surface area contributed by atoms with E-state index in [1.165, 1.54) is 25.7 Å². The molecule has 0 N–H and O–H groups in total. The van der Waals surface area contributed by atoms with Crippen LogP contribution in [-0.2, 0) is 4.74 Å². The first-order valence-corrected chi connectivity index (χ1v) is 4.82. The first-order chi connectivity index (χ1) is 5.20. The van der Waals surface area contributed by atoms with Crippen molar-refractivity contribution in [2.24, 2.45) is 11.3 Å². The average molecular weight is 154 g/mol. The highest BCUT2D eigenvalue weighted by atomic mass is 16.5. The minimum absolute atomic E-state index is 0.641. The van der Waals surface area contributed by atoms with Crippen LogP contribution >= 0.6 is 0 Å². The molecule has 1 nitrogen and oxygen atoms in total. The van der Waals surface area contributed by atoms with Gasteiger partial charge in [-0.2, -0.15) is 0 Å². The van der Waals surface area contributed by atoms with Gasteiger partial charge in [-0.3, -0.25) is 0 Å². The minimum Gasteiger partial charge on any atom is -0.378 e. The molecule has 2 aliphatic heterocycles. The van der Waals surface area contributed by atoms with E-state index >= 15 is 0 Å². The average Bonchev–Trinajstić information content (AvgIpc) is 1.84. The quantitative estimate of drug-likeness (QED) is 0.594. The maximum Gasteiger partial charge on any atom is 0.0585 e. The molecule has 2 bridgehead atoms. The molecular weight excluding hydrogens is 136 g/mol. The number of fused-ring (bicyclic) bond motifs is 2. The van der Waals surface area contributed by atoms with Crippen LogP contribution in [0.5, 0.6) is 0 Å². The van der Waals surface area contributed by atoms with E-state index in [1.54, 1.807) is 0 Å². The van der Waals surface area contributed by atoms with Crippen LogP contribution in [0.25, 0.3) is 0 Å². The zero-order chi connectivity index (χ0) is 7.90. The Morgan fingerprint density at radius 1 is 1.45 bits per heavy atom. The van der Waals surface area contributed by atoms with Gasteiger partial charge in [0.25, 0.3) is 0 Å². The van der Waals surface area contributed by atoms with E-state index < -0.39 is 0 Å². The number of ether oxygens (including phenoxy) is 1. The summed E-state index contributed by atoms with van der Waals surface area (Å²) in [6.07, 6.45) is 6.09. The maximum absolute atomic E-state index is 5.55. The van der Waals surface area contributed by atoms with Gasteiger partial charge < -0.3 is 4.74 Å². The molecule has 64 valence electrons. The van der Waals surface area contributed by atoms with Crippen molar-refractivity contribution in [1.29, 1.82) is 0 Å². The highest BCUT2D eigenvalue weighted by Crippen LogP contribution is 2.53. The summed E-state index contributed by atoms with van der Waals surface area (Å²) in [5, 5.41) is 0. The summed E-state index contributed by atoms with van der Waals surface area (Å²) >= 11 is 0. The van der Waals surface area contributed by atoms with Crippen molar-refractivity contribution < 1.29 is 4.74 Å². The van der Waals surface area contributed by atoms with E-state index in [-0.39, 0.29) is 0 Å². The van der Waals surface area contributed by atoms with Gasteiger partial charge in [-0.25, -0.2) is 0 Å². The van der Waals surface area contributed by atoms with Gasteiger partial charge in [-0.1, -0.05) is 13.8 Å². The molecule has 0 aromatic rings. The third kappa shape index (κ3) is 1.31. The normalized spacial score (nSPS) is 42.3. The highest BCUT2D eigenvalue weighted by molar-refractivity contribution is 4.97. The monoisotopic (exact) mass is 154 g/mol. The fourth-order valence-electron chi connectivity index (χ4n) is 2.80. The Morgan fingerprint density at radius 3 is 2.64 bits per heavy atom. The lowest BCUT2D eigenvalue weighted by Gasteiger charge is -2.53. The molecular formula is C10H18O. The van der Waals surface area contributed by atoms with Crippen molar-refractivity contribution >= 4 is 0 Å². The van der Waals surface area contributed by atoms with Gasteiger partial charge in [0.1, 0.15) is 0 Å². The van der Waals surface area contributed by atoms with Crippen LogP contribution in [0.2, 0.25) is 0 Å². The number of hydrogen-bond donors (Lipinski definition) is 0. The van der Waals surface area contributed by atoms with Crippen LogP contribution in [0.4, 0.5) is 0 Å². The van der Waals surface area contributed by atoms with Crippen molar-refractivity contribution in [3.8, 4) is 0 Å². The topological polar surface area (TPSA) is 9.23 Å². The minimum atomic E-state index is 0.641. The van der Waals surface area contributed by atoms with E-state index in [9.17, 15) is 0 Å². The fraction of sp³-hybridized carbons (Fsp3) is 1.00. The van der Waals surface area contributed by atoms with Gasteiger partial charge in [-0.15, -0.1) is 0 Å². The summed E-state index contributed by atoms with van der Waals surface area (Å²) in [6.45, 7) is 5.69. The van der Waals surface area contributed by atoms with Gasteiger partial charge in [0.05, 0.1) is 6.10 Å². The molecule has 2 saturated heterocycles. The van der Waals surface area contributed by atoms with Crippen LogP contribution in [0, 0.1) is 11.3 Å². The van der Waals surface area contributed by atoms with E-state index in [2.05, 4.69) is 13.8 Å². The standard InChI is InChI=1S/C10H18O/c1-8(2)5-10-3-4-11-9(6-10)7-10/h8-9H,3-7H2,1-2H3. The molecule has 1 saturated carbocycles. The molecule has 0 unspecified atom stereocenters. The van der Waals surface area contributed by atoms with Crippen LogP contribution in [-0.4, -0.2) is 12.7 Å². The van der Waals surface area contributed by atoms with Crippen molar-refractivity contribution in [3.63, 3.8) is 0 Å². The summed E-state index contributed by atoms with van der Waals surface area (Å²) in [6, 6.07) is 0. The lowest BCUT2D eigenvalue weighted by Crippen LogP contribution is -2.48. The molecule has 3 rings (SSSR count). The summed E-state index contributed by atoms with van der Waals surface area (Å²) in [5.74, 6) is 0.869. The summed E-state index contributed by atoms with van der Waals surface area (Å²) < 4.78 is 5.55. The molecule has 0 spiro atoms. The Balaban J connectivity index is 1.91. The maximum atomic E-state index is 5.55. The first-order valence-electron chi connectivity index (χ1n) is 4.82. The van der Waals surface area contributed by atoms with Crippen LogP contribution in [0.15, 0.2) is 0 Å². The Kier molecular flexibility index (Phi) is 1.71. The fourth-order valence-corrected chi connectivity index (χ4v) is 2.80. The van der Waals surface area contributed by atoms with Crippen molar-refractivity contribution in [1.82, 2.24) is 0 Å². The molecule has 0 radical (unpaired) electrons. The van der Waals surface area contributed by atoms with E-state index in [1.807, 2.05) is 0 Å². The lowest BCUT2D eigenvalue weighted by molar-refractivity contribution is -0.154. The molecule has 0 amide bonds. The largest absolute Gasteiger partial charge is 0.378 e. The molecule has 1 aliphatic carbocycles. The summed E-state index contributed by atoms with van der Waals surface area (Å²) in [5.41, 5.74) is 0.719. The Labute approximate surface area is 69.1 Å². The summed E-state index contributed by atoms with van der Waals surface area (Å²) in [4.78, 5) is 0. The van der Waals surface area contributed by atoms with E-state index in [0.717, 1.165) is 17.9 Å². The second kappa shape index (κ2) is 2.48. The van der Waals surface area contributed by atoms with E-state index in [4.69, 9.17) is 4.74 Å². The molecule has 0 atom stereocenters. The van der Waals surface area contributed by atoms with Crippen molar-refractivity contribution in [2.75, 3.05) is 6.61 Å². The van der Waals surface area contributed by atoms with Gasteiger partial charge >= 0.3 is 0 Å². The van der Waals surface area contributed by atoms with Crippen LogP contribution in [0.3, 0.4) is 0 Å². The molecule has 1 heteroatoms. The zero-order valence-corrected chi connectivity index (χ0v) is 7.60. The molecule has 3 fully saturated rings. The molecule has 11 heavy (non-hydrogen) atoms. The van der Waals surface area contributed by atoms with Crippen LogP contribution < -0.4 is 0 Å². The van der Waals surface area contributed by atoms with Gasteiger partial charge in [-0.05, 0) is 37.0 Å². The SMILES string of the molecule is CC(C)CC12CCOC(C1)C2. The Bertz CT molecular complexity index is 139. The number of rotatable bonds is 2. The third-order valence-corrected chi connectivity index (χ3v) is 3.15. The van der Waals surface area contributed by atoms with Crippen molar-refractivity contribution in [3.05, 3.63) is 0 Å². The smallest absolute Gasteiger partial charge is 0.0585 e. The molecule has 3 aliphatic rings. The predicted molar refractivity (Wildman–Crippen MR) is 45.5 cm³/mol. The predicted octanol–water partition coefficient (Wildman–Crippen LogP) is 2.60. The number of hydrogen-bond acceptors (Lipinski definition) is 1. The zero-order valence-electron chi connectivity index (χ0n) is 7.60. The highest BCUT2D eigenvalue weighted by Gasteiger charge is 2.47. The third-order valence-electron chi connectivity index (χ3n) is 3.15. The summed E-state index contributed by atoms with van der Waals surface area (Å²) in [7, 11) is 0. The van der Waals surface area contributed by atoms with Gasteiger partial charge in [0, 0.05) is 6.61 Å². The lowest BCUT2D eigenvalue weighted by atomic mass is 9.60. The molecule has 0 aromatic carbocycles. The van der Waals surface area contributed by atoms with Crippen LogP contribution in [0.1, 0.15) is 39.5 Å². The Hall–Kier alpha value is -0.0400. The molecule has 2 heterocycles. The second-order valence-electron chi connectivity index (χ2n) is 4.75.